The molecule has 1 unspecified atom stereocenters. The summed E-state index contributed by atoms with van der Waals surface area (Å²) in [5.74, 6) is -0.491. The van der Waals surface area contributed by atoms with E-state index in [0.717, 1.165) is 11.1 Å². The molecular weight excluding hydrogens is 244 g/mol. The lowest BCUT2D eigenvalue weighted by atomic mass is 10.0. The molecule has 1 aromatic carbocycles. The monoisotopic (exact) mass is 266 g/mol. The molecule has 7 N–H and O–H groups in total. The number of hydrogen-bond acceptors (Lipinski definition) is 5. The lowest BCUT2D eigenvalue weighted by Crippen LogP contribution is -2.38. The van der Waals surface area contributed by atoms with E-state index in [0.29, 0.717) is 19.6 Å². The third kappa shape index (κ3) is 5.35. The van der Waals surface area contributed by atoms with E-state index in [4.69, 9.17) is 22.0 Å². The second-order valence-corrected chi connectivity index (χ2v) is 4.43. The minimum atomic E-state index is -0.644. The molecule has 0 spiro atoms. The Morgan fingerprint density at radius 3 is 2.53 bits per heavy atom. The highest BCUT2D eigenvalue weighted by molar-refractivity contribution is 5.79. The maximum absolute atomic E-state index is 10.9. The number of carbonyl (C=O) groups is 1. The van der Waals surface area contributed by atoms with Gasteiger partial charge in [0.2, 0.25) is 5.91 Å². The summed E-state index contributed by atoms with van der Waals surface area (Å²) in [6.07, 6.45) is 0.446. The maximum atomic E-state index is 10.9. The number of amides is 1. The highest BCUT2D eigenvalue weighted by Gasteiger charge is 2.10. The normalized spacial score (nSPS) is 14.1. The summed E-state index contributed by atoms with van der Waals surface area (Å²) in [5.41, 5.74) is 21.0. The maximum Gasteiger partial charge on any atom is 0.234 e. The average Bonchev–Trinajstić information content (AvgIpc) is 2.39. The van der Waals surface area contributed by atoms with Crippen LogP contribution in [0.25, 0.3) is 0 Å². The van der Waals surface area contributed by atoms with Gasteiger partial charge in [-0.15, -0.1) is 0 Å². The molecule has 0 radical (unpaired) electrons. The van der Waals surface area contributed by atoms with Gasteiger partial charge in [-0.25, -0.2) is 0 Å². The van der Waals surface area contributed by atoms with E-state index in [1.165, 1.54) is 0 Å². The fourth-order valence-electron chi connectivity index (χ4n) is 1.61. The van der Waals surface area contributed by atoms with Crippen LogP contribution in [-0.4, -0.2) is 25.1 Å². The topological polar surface area (TPSA) is 116 Å². The Balaban J connectivity index is 2.53. The fraction of sp³-hybridized carbons (Fsp3) is 0.462. The first-order chi connectivity index (χ1) is 9.04. The SMILES string of the molecule is CC(NOCCN)c1ccc(C[C@H](N)C(N)=O)cc1. The highest BCUT2D eigenvalue weighted by Crippen LogP contribution is 2.14. The molecule has 0 aromatic heterocycles. The Labute approximate surface area is 113 Å². The molecule has 19 heavy (non-hydrogen) atoms. The van der Waals surface area contributed by atoms with Crippen LogP contribution >= 0.6 is 0 Å². The molecule has 2 atom stereocenters. The van der Waals surface area contributed by atoms with Crippen molar-refractivity contribution in [3.8, 4) is 0 Å². The second kappa shape index (κ2) is 7.85. The van der Waals surface area contributed by atoms with Crippen LogP contribution in [0, 0.1) is 0 Å². The van der Waals surface area contributed by atoms with Gasteiger partial charge < -0.3 is 17.2 Å². The molecule has 0 aliphatic rings. The largest absolute Gasteiger partial charge is 0.368 e. The molecule has 6 heteroatoms. The predicted octanol–water partition coefficient (Wildman–Crippen LogP) is -0.417. The lowest BCUT2D eigenvalue weighted by Gasteiger charge is -2.14. The molecular formula is C13H22N4O2. The van der Waals surface area contributed by atoms with Gasteiger partial charge in [-0.1, -0.05) is 24.3 Å². The molecule has 0 saturated carbocycles. The number of hydroxylamine groups is 1. The summed E-state index contributed by atoms with van der Waals surface area (Å²) in [6.45, 7) is 2.93. The van der Waals surface area contributed by atoms with Gasteiger partial charge in [-0.05, 0) is 24.5 Å². The van der Waals surface area contributed by atoms with Gasteiger partial charge in [0.15, 0.2) is 0 Å². The van der Waals surface area contributed by atoms with Crippen molar-refractivity contribution in [1.29, 1.82) is 0 Å². The first-order valence-electron chi connectivity index (χ1n) is 6.25. The van der Waals surface area contributed by atoms with E-state index in [1.807, 2.05) is 31.2 Å². The van der Waals surface area contributed by atoms with Gasteiger partial charge in [0.25, 0.3) is 0 Å². The number of benzene rings is 1. The Hall–Kier alpha value is -1.47. The van der Waals surface area contributed by atoms with Crippen LogP contribution in [0.5, 0.6) is 0 Å². The lowest BCUT2D eigenvalue weighted by molar-refractivity contribution is -0.119. The number of nitrogens with one attached hydrogen (secondary N) is 1. The molecule has 106 valence electrons. The van der Waals surface area contributed by atoms with Crippen molar-refractivity contribution in [2.24, 2.45) is 17.2 Å². The third-order valence-electron chi connectivity index (χ3n) is 2.78. The molecule has 0 aliphatic carbocycles. The van der Waals surface area contributed by atoms with Gasteiger partial charge in [0.05, 0.1) is 18.7 Å². The van der Waals surface area contributed by atoms with E-state index in [9.17, 15) is 4.79 Å². The molecule has 6 nitrogen and oxygen atoms in total. The van der Waals surface area contributed by atoms with Crippen LogP contribution in [0.1, 0.15) is 24.1 Å². The van der Waals surface area contributed by atoms with Crippen molar-refractivity contribution in [2.45, 2.75) is 25.4 Å². The zero-order chi connectivity index (χ0) is 14.3. The number of carbonyl (C=O) groups excluding carboxylic acids is 1. The zero-order valence-corrected chi connectivity index (χ0v) is 11.1. The fourth-order valence-corrected chi connectivity index (χ4v) is 1.61. The molecule has 0 heterocycles. The summed E-state index contributed by atoms with van der Waals surface area (Å²) in [4.78, 5) is 16.1. The van der Waals surface area contributed by atoms with Gasteiger partial charge in [0, 0.05) is 6.54 Å². The Morgan fingerprint density at radius 1 is 1.37 bits per heavy atom. The minimum absolute atomic E-state index is 0.0606. The second-order valence-electron chi connectivity index (χ2n) is 4.43. The van der Waals surface area contributed by atoms with Crippen LogP contribution in [0.4, 0.5) is 0 Å². The van der Waals surface area contributed by atoms with Gasteiger partial charge in [-0.3, -0.25) is 9.63 Å². The third-order valence-corrected chi connectivity index (χ3v) is 2.78. The summed E-state index contributed by atoms with van der Waals surface area (Å²) >= 11 is 0. The molecule has 0 bridgehead atoms. The van der Waals surface area contributed by atoms with Crippen molar-refractivity contribution in [2.75, 3.05) is 13.2 Å². The Bertz CT molecular complexity index is 394. The minimum Gasteiger partial charge on any atom is -0.368 e. The van der Waals surface area contributed by atoms with E-state index < -0.39 is 11.9 Å². The molecule has 0 fully saturated rings. The Morgan fingerprint density at radius 2 is 2.00 bits per heavy atom. The number of nitrogens with two attached hydrogens (primary N) is 3. The molecule has 1 aromatic rings. The zero-order valence-electron chi connectivity index (χ0n) is 11.1. The number of hydrogen-bond donors (Lipinski definition) is 4. The summed E-state index contributed by atoms with van der Waals surface area (Å²) in [6, 6.07) is 7.21. The van der Waals surface area contributed by atoms with Crippen molar-refractivity contribution in [3.05, 3.63) is 35.4 Å². The standard InChI is InChI=1S/C13H22N4O2/c1-9(17-19-7-6-14)11-4-2-10(3-5-11)8-12(15)13(16)18/h2-5,9,12,17H,6-8,14-15H2,1H3,(H2,16,18)/t9?,12-/m0/s1. The van der Waals surface area contributed by atoms with E-state index in [2.05, 4.69) is 5.48 Å². The summed E-state index contributed by atoms with van der Waals surface area (Å²) in [5, 5.41) is 0. The van der Waals surface area contributed by atoms with Crippen molar-refractivity contribution < 1.29 is 9.63 Å². The van der Waals surface area contributed by atoms with Crippen molar-refractivity contribution >= 4 is 5.91 Å². The van der Waals surface area contributed by atoms with Gasteiger partial charge >= 0.3 is 0 Å². The first-order valence-corrected chi connectivity index (χ1v) is 6.25. The summed E-state index contributed by atoms with van der Waals surface area (Å²) < 4.78 is 0. The number of rotatable bonds is 8. The highest BCUT2D eigenvalue weighted by atomic mass is 16.6. The van der Waals surface area contributed by atoms with Crippen LogP contribution < -0.4 is 22.7 Å². The van der Waals surface area contributed by atoms with Gasteiger partial charge in [-0.2, -0.15) is 5.48 Å². The molecule has 0 aliphatic heterocycles. The predicted molar refractivity (Wildman–Crippen MR) is 73.9 cm³/mol. The van der Waals surface area contributed by atoms with Crippen molar-refractivity contribution in [3.63, 3.8) is 0 Å². The van der Waals surface area contributed by atoms with Crippen LogP contribution in [0.15, 0.2) is 24.3 Å². The van der Waals surface area contributed by atoms with Crippen molar-refractivity contribution in [1.82, 2.24) is 5.48 Å². The number of primary amides is 1. The molecule has 1 amide bonds. The van der Waals surface area contributed by atoms with Crippen LogP contribution in [0.3, 0.4) is 0 Å². The first kappa shape index (κ1) is 15.6. The quantitative estimate of drug-likeness (QED) is 0.377. The molecule has 0 saturated heterocycles. The summed E-state index contributed by atoms with van der Waals surface area (Å²) in [7, 11) is 0. The van der Waals surface area contributed by atoms with E-state index >= 15 is 0 Å². The van der Waals surface area contributed by atoms with E-state index in [1.54, 1.807) is 0 Å². The average molecular weight is 266 g/mol. The van der Waals surface area contributed by atoms with Crippen LogP contribution in [-0.2, 0) is 16.1 Å². The van der Waals surface area contributed by atoms with Gasteiger partial charge in [0.1, 0.15) is 0 Å². The Kier molecular flexibility index (Phi) is 6.44. The van der Waals surface area contributed by atoms with Crippen LogP contribution in [0.2, 0.25) is 0 Å². The molecule has 1 rings (SSSR count). The van der Waals surface area contributed by atoms with E-state index in [-0.39, 0.29) is 6.04 Å². The smallest absolute Gasteiger partial charge is 0.234 e.